The van der Waals surface area contributed by atoms with E-state index in [2.05, 4.69) is 18.0 Å². The lowest BCUT2D eigenvalue weighted by Gasteiger charge is -2.27. The number of nitriles is 1. The predicted octanol–water partition coefficient (Wildman–Crippen LogP) is 2.91. The molecule has 2 atom stereocenters. The van der Waals surface area contributed by atoms with Crippen molar-refractivity contribution in [3.63, 3.8) is 0 Å². The van der Waals surface area contributed by atoms with Crippen molar-refractivity contribution >= 4 is 0 Å². The van der Waals surface area contributed by atoms with Gasteiger partial charge >= 0.3 is 0 Å². The number of rotatable bonds is 2. The topological polar surface area (TPSA) is 45.9 Å². The second-order valence-corrected chi connectivity index (χ2v) is 4.53. The second kappa shape index (κ2) is 4.98. The highest BCUT2D eigenvalue weighted by atomic mass is 16.5. The molecule has 1 aliphatic rings. The molecule has 1 aliphatic carbocycles. The van der Waals surface area contributed by atoms with Gasteiger partial charge in [-0.15, -0.1) is 0 Å². The minimum absolute atomic E-state index is 0.291. The van der Waals surface area contributed by atoms with Crippen LogP contribution in [0.3, 0.4) is 0 Å². The third-order valence-corrected chi connectivity index (χ3v) is 3.03. The fourth-order valence-electron chi connectivity index (χ4n) is 2.22. The molecule has 0 N–H and O–H groups in total. The van der Waals surface area contributed by atoms with E-state index in [0.717, 1.165) is 24.5 Å². The van der Waals surface area contributed by atoms with Crippen LogP contribution in [0.25, 0.3) is 0 Å². The standard InChI is InChI=1S/C13H16N2O/c1-10-3-2-4-12(5-10)16-13-6-11(7-14)8-15-9-13/h6,8-10,12H,2-5H2,1H3/t10-,12+/m1/s1. The first-order valence-electron chi connectivity index (χ1n) is 5.79. The van der Waals surface area contributed by atoms with Crippen LogP contribution in [0.2, 0.25) is 0 Å². The van der Waals surface area contributed by atoms with Crippen molar-refractivity contribution in [3.8, 4) is 11.8 Å². The van der Waals surface area contributed by atoms with Crippen molar-refractivity contribution in [1.29, 1.82) is 5.26 Å². The summed E-state index contributed by atoms with van der Waals surface area (Å²) in [4.78, 5) is 3.99. The van der Waals surface area contributed by atoms with Gasteiger partial charge < -0.3 is 4.74 Å². The largest absolute Gasteiger partial charge is 0.489 e. The lowest BCUT2D eigenvalue weighted by Crippen LogP contribution is -2.24. The van der Waals surface area contributed by atoms with E-state index < -0.39 is 0 Å². The Morgan fingerprint density at radius 2 is 2.31 bits per heavy atom. The summed E-state index contributed by atoms with van der Waals surface area (Å²) in [6, 6.07) is 3.83. The van der Waals surface area contributed by atoms with Crippen LogP contribution in [-0.2, 0) is 0 Å². The molecule has 1 aromatic rings. The summed E-state index contributed by atoms with van der Waals surface area (Å²) in [7, 11) is 0. The van der Waals surface area contributed by atoms with E-state index in [0.29, 0.717) is 11.7 Å². The van der Waals surface area contributed by atoms with Crippen LogP contribution in [0.5, 0.6) is 5.75 Å². The van der Waals surface area contributed by atoms with Crippen LogP contribution >= 0.6 is 0 Å². The molecule has 0 saturated heterocycles. The molecule has 1 heterocycles. The van der Waals surface area contributed by atoms with Crippen molar-refractivity contribution in [2.75, 3.05) is 0 Å². The van der Waals surface area contributed by atoms with Gasteiger partial charge in [-0.25, -0.2) is 0 Å². The third kappa shape index (κ3) is 2.73. The van der Waals surface area contributed by atoms with Gasteiger partial charge in [-0.2, -0.15) is 5.26 Å². The molecule has 84 valence electrons. The van der Waals surface area contributed by atoms with E-state index in [1.54, 1.807) is 18.5 Å². The molecule has 3 heteroatoms. The fourth-order valence-corrected chi connectivity index (χ4v) is 2.22. The smallest absolute Gasteiger partial charge is 0.139 e. The molecule has 1 saturated carbocycles. The summed E-state index contributed by atoms with van der Waals surface area (Å²) in [5, 5.41) is 8.76. The van der Waals surface area contributed by atoms with E-state index in [1.165, 1.54) is 12.8 Å². The average molecular weight is 216 g/mol. The Morgan fingerprint density at radius 3 is 3.06 bits per heavy atom. The zero-order valence-electron chi connectivity index (χ0n) is 9.52. The molecule has 0 bridgehead atoms. The molecule has 16 heavy (non-hydrogen) atoms. The molecule has 0 aromatic carbocycles. The Kier molecular flexibility index (Phi) is 3.40. The van der Waals surface area contributed by atoms with Crippen LogP contribution in [0.1, 0.15) is 38.2 Å². The van der Waals surface area contributed by atoms with Crippen LogP contribution in [0, 0.1) is 17.2 Å². The van der Waals surface area contributed by atoms with E-state index in [9.17, 15) is 0 Å². The lowest BCUT2D eigenvalue weighted by atomic mass is 9.89. The molecule has 1 fully saturated rings. The Morgan fingerprint density at radius 1 is 1.44 bits per heavy atom. The Labute approximate surface area is 96.1 Å². The maximum Gasteiger partial charge on any atom is 0.139 e. The van der Waals surface area contributed by atoms with Crippen LogP contribution in [0.15, 0.2) is 18.5 Å². The third-order valence-electron chi connectivity index (χ3n) is 3.03. The molecular formula is C13H16N2O. The van der Waals surface area contributed by atoms with Crippen LogP contribution < -0.4 is 4.74 Å². The molecule has 2 rings (SSSR count). The van der Waals surface area contributed by atoms with Gasteiger partial charge in [-0.05, 0) is 25.2 Å². The van der Waals surface area contributed by atoms with Crippen molar-refractivity contribution < 1.29 is 4.74 Å². The predicted molar refractivity (Wildman–Crippen MR) is 61.0 cm³/mol. The number of pyridine rings is 1. The van der Waals surface area contributed by atoms with Crippen molar-refractivity contribution in [3.05, 3.63) is 24.0 Å². The molecule has 3 nitrogen and oxygen atoms in total. The molecule has 0 radical (unpaired) electrons. The van der Waals surface area contributed by atoms with Crippen molar-refractivity contribution in [2.45, 2.75) is 38.7 Å². The highest BCUT2D eigenvalue weighted by Gasteiger charge is 2.20. The average Bonchev–Trinajstić information content (AvgIpc) is 2.29. The van der Waals surface area contributed by atoms with Gasteiger partial charge in [0.25, 0.3) is 0 Å². The first-order valence-corrected chi connectivity index (χ1v) is 5.79. The number of hydrogen-bond acceptors (Lipinski definition) is 3. The maximum absolute atomic E-state index is 8.76. The zero-order valence-corrected chi connectivity index (χ0v) is 9.52. The molecule has 0 spiro atoms. The van der Waals surface area contributed by atoms with Gasteiger partial charge in [-0.1, -0.05) is 13.3 Å². The lowest BCUT2D eigenvalue weighted by molar-refractivity contribution is 0.129. The summed E-state index contributed by atoms with van der Waals surface area (Å²) in [5.41, 5.74) is 0.557. The zero-order chi connectivity index (χ0) is 11.4. The summed E-state index contributed by atoms with van der Waals surface area (Å²) in [6.07, 6.45) is 8.28. The van der Waals surface area contributed by atoms with Gasteiger partial charge in [0.1, 0.15) is 11.8 Å². The molecular weight excluding hydrogens is 200 g/mol. The van der Waals surface area contributed by atoms with E-state index in [4.69, 9.17) is 10.00 Å². The summed E-state index contributed by atoms with van der Waals surface area (Å²) >= 11 is 0. The van der Waals surface area contributed by atoms with Crippen molar-refractivity contribution in [2.24, 2.45) is 5.92 Å². The number of nitrogens with zero attached hydrogens (tertiary/aromatic N) is 2. The number of ether oxygens (including phenoxy) is 1. The monoisotopic (exact) mass is 216 g/mol. The molecule has 0 amide bonds. The highest BCUT2D eigenvalue weighted by Crippen LogP contribution is 2.27. The van der Waals surface area contributed by atoms with Crippen LogP contribution in [0.4, 0.5) is 0 Å². The fraction of sp³-hybridized carbons (Fsp3) is 0.538. The first-order chi connectivity index (χ1) is 7.78. The minimum Gasteiger partial charge on any atom is -0.489 e. The molecule has 0 unspecified atom stereocenters. The number of aromatic nitrogens is 1. The van der Waals surface area contributed by atoms with Gasteiger partial charge in [0.2, 0.25) is 0 Å². The van der Waals surface area contributed by atoms with Gasteiger partial charge in [0.05, 0.1) is 17.9 Å². The first kappa shape index (κ1) is 10.9. The van der Waals surface area contributed by atoms with Crippen LogP contribution in [-0.4, -0.2) is 11.1 Å². The minimum atomic E-state index is 0.291. The number of hydrogen-bond donors (Lipinski definition) is 0. The summed E-state index contributed by atoms with van der Waals surface area (Å²) in [5.74, 6) is 1.46. The normalized spacial score (nSPS) is 24.8. The van der Waals surface area contributed by atoms with Crippen molar-refractivity contribution in [1.82, 2.24) is 4.98 Å². The van der Waals surface area contributed by atoms with E-state index >= 15 is 0 Å². The maximum atomic E-state index is 8.76. The second-order valence-electron chi connectivity index (χ2n) is 4.53. The Bertz CT molecular complexity index is 397. The summed E-state index contributed by atoms with van der Waals surface area (Å²) < 4.78 is 5.85. The molecule has 1 aromatic heterocycles. The van der Waals surface area contributed by atoms with Gasteiger partial charge in [0.15, 0.2) is 0 Å². The Balaban J connectivity index is 2.00. The van der Waals surface area contributed by atoms with E-state index in [1.807, 2.05) is 0 Å². The molecule has 0 aliphatic heterocycles. The van der Waals surface area contributed by atoms with Gasteiger partial charge in [0, 0.05) is 12.3 Å². The quantitative estimate of drug-likeness (QED) is 0.763. The highest BCUT2D eigenvalue weighted by molar-refractivity contribution is 5.32. The van der Waals surface area contributed by atoms with E-state index in [-0.39, 0.29) is 0 Å². The Hall–Kier alpha value is -1.56. The van der Waals surface area contributed by atoms with Gasteiger partial charge in [-0.3, -0.25) is 4.98 Å². The SMILES string of the molecule is C[C@@H]1CCC[C@H](Oc2cncc(C#N)c2)C1. The summed E-state index contributed by atoms with van der Waals surface area (Å²) in [6.45, 7) is 2.26.